The van der Waals surface area contributed by atoms with Gasteiger partial charge in [0.1, 0.15) is 0 Å². The summed E-state index contributed by atoms with van der Waals surface area (Å²) in [6.45, 7) is 5.34. The fourth-order valence-electron chi connectivity index (χ4n) is 4.34. The smallest absolute Gasteiger partial charge is 0.315 e. The van der Waals surface area contributed by atoms with Gasteiger partial charge < -0.3 is 71.6 Å². The van der Waals surface area contributed by atoms with Crippen molar-refractivity contribution in [2.24, 2.45) is 49.4 Å². The van der Waals surface area contributed by atoms with E-state index in [-0.39, 0.29) is 68.0 Å². The van der Waals surface area contributed by atoms with Gasteiger partial charge in [0.05, 0.1) is 0 Å². The van der Waals surface area contributed by atoms with Crippen LogP contribution in [0.1, 0.15) is 65.2 Å². The highest BCUT2D eigenvalue weighted by molar-refractivity contribution is 7.80. The zero-order chi connectivity index (χ0) is 37.0. The van der Waals surface area contributed by atoms with Gasteiger partial charge in [-0.05, 0) is 57.6 Å². The molecule has 21 heteroatoms. The zero-order valence-electron chi connectivity index (χ0n) is 28.8. The highest BCUT2D eigenvalue weighted by atomic mass is 32.1. The molecule has 282 valence electrons. The van der Waals surface area contributed by atoms with E-state index in [2.05, 4.69) is 64.8 Å². The minimum Gasteiger partial charge on any atom is -0.370 e. The van der Waals surface area contributed by atoms with Gasteiger partial charge in [-0.2, -0.15) is 12.6 Å². The van der Waals surface area contributed by atoms with Crippen molar-refractivity contribution >= 4 is 54.5 Å². The molecule has 19 N–H and O–H groups in total. The normalized spacial score (nSPS) is 12.9. The van der Waals surface area contributed by atoms with E-state index in [1.807, 2.05) is 6.92 Å². The second kappa shape index (κ2) is 27.4. The van der Waals surface area contributed by atoms with Crippen molar-refractivity contribution in [2.75, 3.05) is 45.0 Å². The van der Waals surface area contributed by atoms with Crippen molar-refractivity contribution in [3.63, 3.8) is 0 Å². The average molecular weight is 717 g/mol. The van der Waals surface area contributed by atoms with Crippen LogP contribution in [-0.2, 0) is 4.79 Å². The van der Waals surface area contributed by atoms with Crippen LogP contribution in [-0.4, -0.2) is 111 Å². The third kappa shape index (κ3) is 27.1. The molecule has 4 atom stereocenters. The summed E-state index contributed by atoms with van der Waals surface area (Å²) in [6.07, 6.45) is 4.53. The van der Waals surface area contributed by atoms with Gasteiger partial charge >= 0.3 is 18.1 Å². The number of hydrogen-bond donors (Lipinski definition) is 14. The van der Waals surface area contributed by atoms with Gasteiger partial charge in [-0.25, -0.2) is 14.4 Å². The molecule has 0 aliphatic carbocycles. The minimum absolute atomic E-state index is 0.0171. The molecule has 0 bridgehead atoms. The first-order valence-corrected chi connectivity index (χ1v) is 17.1. The molecule has 0 heterocycles. The number of urea groups is 3. The molecule has 0 aromatic carbocycles. The van der Waals surface area contributed by atoms with Crippen LogP contribution < -0.4 is 71.6 Å². The lowest BCUT2D eigenvalue weighted by Crippen LogP contribution is -2.53. The van der Waals surface area contributed by atoms with Crippen molar-refractivity contribution in [1.82, 2.24) is 37.2 Å². The van der Waals surface area contributed by atoms with Crippen LogP contribution in [0, 0.1) is 0 Å². The van der Waals surface area contributed by atoms with Crippen LogP contribution >= 0.6 is 12.6 Å². The van der Waals surface area contributed by atoms with Crippen molar-refractivity contribution < 1.29 is 19.2 Å². The molecule has 0 aliphatic rings. The van der Waals surface area contributed by atoms with Crippen molar-refractivity contribution in [3.8, 4) is 0 Å². The fraction of sp³-hybridized carbons (Fsp3) is 0.750. The average Bonchev–Trinajstić information content (AvgIpc) is 3.02. The summed E-state index contributed by atoms with van der Waals surface area (Å²) in [7, 11) is 0. The second-order valence-corrected chi connectivity index (χ2v) is 11.8. The summed E-state index contributed by atoms with van der Waals surface area (Å²) in [5, 5.41) is 19.7. The van der Waals surface area contributed by atoms with Crippen LogP contribution in [0.25, 0.3) is 0 Å². The molecular formula is C28H60N16O4S. The molecule has 0 saturated carbocycles. The molecule has 0 saturated heterocycles. The number of guanidine groups is 3. The van der Waals surface area contributed by atoms with E-state index >= 15 is 0 Å². The molecule has 20 nitrogen and oxygen atoms in total. The number of hydrogen-bond acceptors (Lipinski definition) is 8. The van der Waals surface area contributed by atoms with Gasteiger partial charge in [0.25, 0.3) is 0 Å². The van der Waals surface area contributed by atoms with E-state index in [4.69, 9.17) is 34.4 Å². The van der Waals surface area contributed by atoms with Crippen molar-refractivity contribution in [2.45, 2.75) is 89.4 Å². The number of thiol groups is 1. The molecule has 0 radical (unpaired) electrons. The van der Waals surface area contributed by atoms with Gasteiger partial charge in [0.2, 0.25) is 5.91 Å². The number of nitrogens with two attached hydrogens (primary N) is 6. The molecular weight excluding hydrogens is 656 g/mol. The van der Waals surface area contributed by atoms with E-state index < -0.39 is 24.1 Å². The highest BCUT2D eigenvalue weighted by Gasteiger charge is 2.17. The monoisotopic (exact) mass is 716 g/mol. The molecule has 0 spiro atoms. The molecule has 0 aliphatic heterocycles. The summed E-state index contributed by atoms with van der Waals surface area (Å²) < 4.78 is 0. The SMILES string of the molecule is CC[C@H](CCCN=C(N)N)NC(=O)NCC(CCCN=C(N)N)NC(=O)NC[C@H](C)NC(=O)NCC(CCCN=C(N)N)NC(=O)CCS. The molecule has 7 amide bonds. The van der Waals surface area contributed by atoms with E-state index in [0.717, 1.165) is 6.42 Å². The topological polar surface area (TPSA) is 346 Å². The van der Waals surface area contributed by atoms with Crippen molar-refractivity contribution in [3.05, 3.63) is 0 Å². The van der Waals surface area contributed by atoms with Crippen molar-refractivity contribution in [1.29, 1.82) is 0 Å². The van der Waals surface area contributed by atoms with Crippen LogP contribution in [0.4, 0.5) is 14.4 Å². The first-order valence-electron chi connectivity index (χ1n) is 16.4. The van der Waals surface area contributed by atoms with Crippen LogP contribution in [0.2, 0.25) is 0 Å². The third-order valence-corrected chi connectivity index (χ3v) is 7.07. The number of aliphatic imine (C=N–C) groups is 3. The quantitative estimate of drug-likeness (QED) is 0.0202. The maximum absolute atomic E-state index is 12.7. The van der Waals surface area contributed by atoms with Crippen LogP contribution in [0.5, 0.6) is 0 Å². The number of nitrogens with zero attached hydrogens (tertiary/aromatic N) is 3. The third-order valence-electron chi connectivity index (χ3n) is 6.85. The number of rotatable bonds is 25. The van der Waals surface area contributed by atoms with Crippen LogP contribution in [0.15, 0.2) is 15.0 Å². The minimum atomic E-state index is -0.484. The Hall–Kier alpha value is -4.56. The van der Waals surface area contributed by atoms with Gasteiger partial charge in [-0.1, -0.05) is 6.92 Å². The molecule has 0 rings (SSSR count). The zero-order valence-corrected chi connectivity index (χ0v) is 29.7. The highest BCUT2D eigenvalue weighted by Crippen LogP contribution is 2.03. The summed E-state index contributed by atoms with van der Waals surface area (Å²) in [5.41, 5.74) is 32.2. The molecule has 49 heavy (non-hydrogen) atoms. The predicted molar refractivity (Wildman–Crippen MR) is 197 cm³/mol. The Morgan fingerprint density at radius 2 is 0.980 bits per heavy atom. The first kappa shape index (κ1) is 44.4. The Morgan fingerprint density at radius 3 is 1.41 bits per heavy atom. The number of nitrogens with one attached hydrogen (secondary N) is 7. The lowest BCUT2D eigenvalue weighted by molar-refractivity contribution is -0.121. The van der Waals surface area contributed by atoms with E-state index in [0.29, 0.717) is 63.9 Å². The molecule has 0 aromatic rings. The Labute approximate surface area is 294 Å². The van der Waals surface area contributed by atoms with Gasteiger partial charge in [-0.3, -0.25) is 19.8 Å². The second-order valence-electron chi connectivity index (χ2n) is 11.4. The Balaban J connectivity index is 4.89. The Kier molecular flexibility index (Phi) is 24.8. The maximum atomic E-state index is 12.7. The molecule has 0 fully saturated rings. The van der Waals surface area contributed by atoms with E-state index in [1.54, 1.807) is 6.92 Å². The summed E-state index contributed by atoms with van der Waals surface area (Å²) in [4.78, 5) is 61.8. The van der Waals surface area contributed by atoms with Crippen LogP contribution in [0.3, 0.4) is 0 Å². The number of carbonyl (C=O) groups is 4. The predicted octanol–water partition coefficient (Wildman–Crippen LogP) is -2.61. The largest absolute Gasteiger partial charge is 0.370 e. The Morgan fingerprint density at radius 1 is 0.592 bits per heavy atom. The fourth-order valence-corrected chi connectivity index (χ4v) is 4.55. The first-order chi connectivity index (χ1) is 23.2. The molecule has 2 unspecified atom stereocenters. The van der Waals surface area contributed by atoms with Gasteiger partial charge in [0.15, 0.2) is 17.9 Å². The maximum Gasteiger partial charge on any atom is 0.315 e. The number of carbonyl (C=O) groups excluding carboxylic acids is 4. The lowest BCUT2D eigenvalue weighted by atomic mass is 10.1. The lowest BCUT2D eigenvalue weighted by Gasteiger charge is -2.23. The number of amides is 7. The van der Waals surface area contributed by atoms with Gasteiger partial charge in [0, 0.05) is 69.9 Å². The summed E-state index contributed by atoms with van der Waals surface area (Å²) in [5.74, 6) is 0.188. The standard InChI is InChI=1S/C28H60N16O4S/c1-3-19(7-4-11-35-23(29)30)43-28(48)40-17-21(9-6-13-37-25(33)34)44-27(47)38-15-18(2)41-26(46)39-16-20(42-22(45)10-14-49)8-5-12-36-24(31)32/h18-21,49H,3-17H2,1-2H3,(H,42,45)(H4,29,30,35)(H4,31,32,36)(H4,33,34,37)(H2,38,44,47)(H2,39,41,46)(H2,40,43,48)/t18-,19+,20?,21?/m0/s1. The Bertz CT molecular complexity index is 1070. The summed E-state index contributed by atoms with van der Waals surface area (Å²) >= 11 is 4.08. The van der Waals surface area contributed by atoms with E-state index in [9.17, 15) is 19.2 Å². The van der Waals surface area contributed by atoms with Gasteiger partial charge in [-0.15, -0.1) is 0 Å². The summed E-state index contributed by atoms with van der Waals surface area (Å²) in [6, 6.07) is -2.61. The van der Waals surface area contributed by atoms with E-state index in [1.165, 1.54) is 0 Å². The molecule has 0 aromatic heterocycles.